The maximum absolute atomic E-state index is 12.3. The van der Waals surface area contributed by atoms with Crippen molar-refractivity contribution in [2.45, 2.75) is 26.3 Å². The number of nitrogens with zero attached hydrogens (tertiary/aromatic N) is 4. The number of allylic oxidation sites excluding steroid dienone is 1. The van der Waals surface area contributed by atoms with Crippen molar-refractivity contribution in [3.8, 4) is 0 Å². The van der Waals surface area contributed by atoms with Gasteiger partial charge in [-0.3, -0.25) is 14.3 Å². The molecule has 0 aliphatic carbocycles. The van der Waals surface area contributed by atoms with Gasteiger partial charge in [0.2, 0.25) is 5.95 Å². The lowest BCUT2D eigenvalue weighted by atomic mass is 10.2. The molecule has 0 aliphatic rings. The average molecular weight is 445 g/mol. The third-order valence-corrected chi connectivity index (χ3v) is 4.63. The molecule has 0 unspecified atom stereocenters. The van der Waals surface area contributed by atoms with Gasteiger partial charge < -0.3 is 4.57 Å². The molecule has 0 fully saturated rings. The van der Waals surface area contributed by atoms with Crippen LogP contribution in [0.2, 0.25) is 0 Å². The second-order valence-electron chi connectivity index (χ2n) is 6.24. The van der Waals surface area contributed by atoms with Crippen molar-refractivity contribution in [2.75, 3.05) is 5.43 Å². The van der Waals surface area contributed by atoms with Crippen LogP contribution < -0.4 is 16.7 Å². The molecule has 0 saturated carbocycles. The van der Waals surface area contributed by atoms with E-state index in [0.29, 0.717) is 23.7 Å². The number of aryl methyl sites for hydroxylation is 2. The minimum atomic E-state index is -0.499. The Labute approximate surface area is 169 Å². The number of nitrogens with one attached hydrogen (secondary N) is 2. The van der Waals surface area contributed by atoms with Crippen LogP contribution in [0.4, 0.5) is 5.95 Å². The van der Waals surface area contributed by atoms with E-state index in [2.05, 4.69) is 43.3 Å². The Balaban J connectivity index is 1.93. The normalized spacial score (nSPS) is 12.2. The smallest absolute Gasteiger partial charge is 0.303 e. The molecule has 9 heteroatoms. The fourth-order valence-corrected chi connectivity index (χ4v) is 3.12. The predicted octanol–water partition coefficient (Wildman–Crippen LogP) is 3.06. The minimum absolute atomic E-state index is 0.321. The van der Waals surface area contributed by atoms with E-state index in [4.69, 9.17) is 0 Å². The summed E-state index contributed by atoms with van der Waals surface area (Å²) in [6, 6.07) is 9.84. The number of hydrogen-bond acceptors (Lipinski definition) is 5. The highest BCUT2D eigenvalue weighted by Gasteiger charge is 2.16. The summed E-state index contributed by atoms with van der Waals surface area (Å²) in [7, 11) is 1.57. The van der Waals surface area contributed by atoms with Gasteiger partial charge in [-0.1, -0.05) is 43.7 Å². The third kappa shape index (κ3) is 4.30. The van der Waals surface area contributed by atoms with Crippen LogP contribution in [0.1, 0.15) is 25.3 Å². The number of hydrazone groups is 1. The summed E-state index contributed by atoms with van der Waals surface area (Å²) < 4.78 is 3.84. The summed E-state index contributed by atoms with van der Waals surface area (Å²) in [4.78, 5) is 30.9. The second-order valence-corrected chi connectivity index (χ2v) is 7.16. The van der Waals surface area contributed by atoms with Crippen LogP contribution in [-0.4, -0.2) is 25.3 Å². The van der Waals surface area contributed by atoms with Crippen molar-refractivity contribution in [1.29, 1.82) is 0 Å². The molecule has 2 aromatic heterocycles. The first kappa shape index (κ1) is 19.8. The van der Waals surface area contributed by atoms with Gasteiger partial charge in [0.1, 0.15) is 0 Å². The number of halogens is 1. The lowest BCUT2D eigenvalue weighted by Gasteiger charge is -2.06. The zero-order valence-corrected chi connectivity index (χ0v) is 17.2. The largest absolute Gasteiger partial charge is 0.329 e. The van der Waals surface area contributed by atoms with Crippen molar-refractivity contribution >= 4 is 45.3 Å². The van der Waals surface area contributed by atoms with E-state index in [1.54, 1.807) is 17.8 Å². The average Bonchev–Trinajstić information content (AvgIpc) is 3.04. The highest BCUT2D eigenvalue weighted by atomic mass is 79.9. The zero-order chi connectivity index (χ0) is 20.1. The molecule has 1 aromatic carbocycles. The molecule has 0 bridgehead atoms. The highest BCUT2D eigenvalue weighted by molar-refractivity contribution is 9.12. The van der Waals surface area contributed by atoms with Crippen molar-refractivity contribution in [2.24, 2.45) is 12.1 Å². The molecular weight excluding hydrogens is 424 g/mol. The molecule has 2 heterocycles. The van der Waals surface area contributed by atoms with Gasteiger partial charge >= 0.3 is 5.69 Å². The van der Waals surface area contributed by atoms with Gasteiger partial charge in [0, 0.05) is 18.1 Å². The van der Waals surface area contributed by atoms with Gasteiger partial charge in [0.05, 0.1) is 6.21 Å². The summed E-state index contributed by atoms with van der Waals surface area (Å²) in [5.74, 6) is 0.409. The van der Waals surface area contributed by atoms with E-state index in [1.165, 1.54) is 4.57 Å². The molecule has 8 nitrogen and oxygen atoms in total. The van der Waals surface area contributed by atoms with Crippen LogP contribution in [0.3, 0.4) is 0 Å². The summed E-state index contributed by atoms with van der Waals surface area (Å²) in [6.07, 6.45) is 5.36. The Morgan fingerprint density at radius 2 is 2.07 bits per heavy atom. The molecule has 0 saturated heterocycles. The molecule has 0 atom stereocenters. The molecule has 0 amide bonds. The number of imidazole rings is 1. The van der Waals surface area contributed by atoms with Gasteiger partial charge in [-0.2, -0.15) is 10.1 Å². The van der Waals surface area contributed by atoms with E-state index in [1.807, 2.05) is 36.4 Å². The van der Waals surface area contributed by atoms with Crippen LogP contribution >= 0.6 is 15.9 Å². The summed E-state index contributed by atoms with van der Waals surface area (Å²) in [5.41, 5.74) is 3.64. The standard InChI is InChI=1S/C19H21BrN6O2/c1-3-4-10-26-15-16(25(2)19(28)23-17(15)27)22-18(26)24-21-12-14(20)11-13-8-6-5-7-9-13/h5-9,11-12H,3-4,10H2,1-2H3,(H,22,24)(H,23,27,28)/b14-11-,21-12-. The van der Waals surface area contributed by atoms with Crippen molar-refractivity contribution < 1.29 is 0 Å². The third-order valence-electron chi connectivity index (χ3n) is 4.20. The lowest BCUT2D eigenvalue weighted by molar-refractivity contribution is 0.647. The topological polar surface area (TPSA) is 97.1 Å². The van der Waals surface area contributed by atoms with Crippen molar-refractivity contribution in [3.63, 3.8) is 0 Å². The Kier molecular flexibility index (Phi) is 6.25. The van der Waals surface area contributed by atoms with Crippen LogP contribution in [-0.2, 0) is 13.6 Å². The zero-order valence-electron chi connectivity index (χ0n) is 15.6. The van der Waals surface area contributed by atoms with E-state index in [9.17, 15) is 9.59 Å². The lowest BCUT2D eigenvalue weighted by Crippen LogP contribution is -2.29. The Morgan fingerprint density at radius 1 is 1.32 bits per heavy atom. The van der Waals surface area contributed by atoms with E-state index < -0.39 is 11.2 Å². The first-order valence-corrected chi connectivity index (χ1v) is 9.71. The van der Waals surface area contributed by atoms with Gasteiger partial charge in [-0.15, -0.1) is 0 Å². The highest BCUT2D eigenvalue weighted by Crippen LogP contribution is 2.17. The fourth-order valence-electron chi connectivity index (χ4n) is 2.75. The van der Waals surface area contributed by atoms with Gasteiger partial charge in [-0.05, 0) is 34.0 Å². The van der Waals surface area contributed by atoms with Crippen LogP contribution in [0.15, 0.2) is 49.5 Å². The van der Waals surface area contributed by atoms with Gasteiger partial charge in [-0.25, -0.2) is 10.2 Å². The molecule has 3 aromatic rings. The molecule has 28 heavy (non-hydrogen) atoms. The quantitative estimate of drug-likeness (QED) is 0.432. The first-order chi connectivity index (χ1) is 13.5. The van der Waals surface area contributed by atoms with E-state index in [0.717, 1.165) is 22.9 Å². The molecular formula is C19H21BrN6O2. The Hall–Kier alpha value is -2.94. The molecule has 146 valence electrons. The van der Waals surface area contributed by atoms with Crippen molar-refractivity contribution in [3.05, 3.63) is 61.2 Å². The maximum Gasteiger partial charge on any atom is 0.329 e. The van der Waals surface area contributed by atoms with Crippen molar-refractivity contribution in [1.82, 2.24) is 19.1 Å². The molecule has 2 N–H and O–H groups in total. The summed E-state index contributed by atoms with van der Waals surface area (Å²) in [6.45, 7) is 2.66. The number of benzene rings is 1. The SMILES string of the molecule is CCCCn1c(N/N=C\C(Br)=C\c2ccccc2)nc2c1c(=O)[nH]c(=O)n2C. The predicted molar refractivity (Wildman–Crippen MR) is 116 cm³/mol. The molecule has 0 radical (unpaired) electrons. The number of unbranched alkanes of at least 4 members (excludes halogenated alkanes) is 1. The number of fused-ring (bicyclic) bond motifs is 1. The minimum Gasteiger partial charge on any atom is -0.303 e. The van der Waals surface area contributed by atoms with Gasteiger partial charge in [0.25, 0.3) is 5.56 Å². The number of rotatable bonds is 7. The first-order valence-electron chi connectivity index (χ1n) is 8.92. The van der Waals surface area contributed by atoms with Crippen LogP contribution in [0, 0.1) is 0 Å². The monoisotopic (exact) mass is 444 g/mol. The number of anilines is 1. The summed E-state index contributed by atoms with van der Waals surface area (Å²) >= 11 is 3.46. The number of H-pyrrole nitrogens is 1. The van der Waals surface area contributed by atoms with Crippen LogP contribution in [0.5, 0.6) is 0 Å². The molecule has 3 rings (SSSR count). The number of aromatic amines is 1. The second kappa shape index (κ2) is 8.83. The number of hydrogen-bond donors (Lipinski definition) is 2. The van der Waals surface area contributed by atoms with E-state index in [-0.39, 0.29) is 0 Å². The Morgan fingerprint density at radius 3 is 2.79 bits per heavy atom. The Bertz CT molecular complexity index is 1140. The molecule has 0 aliphatic heterocycles. The van der Waals surface area contributed by atoms with E-state index >= 15 is 0 Å². The van der Waals surface area contributed by atoms with Crippen LogP contribution in [0.25, 0.3) is 17.2 Å². The van der Waals surface area contributed by atoms with Gasteiger partial charge in [0.15, 0.2) is 11.2 Å². The summed E-state index contributed by atoms with van der Waals surface area (Å²) in [5, 5.41) is 4.21. The molecule has 0 spiro atoms. The fraction of sp³-hybridized carbons (Fsp3) is 0.263. The maximum atomic E-state index is 12.3. The number of aromatic nitrogens is 4.